The summed E-state index contributed by atoms with van der Waals surface area (Å²) in [5.74, 6) is -0.260. The van der Waals surface area contributed by atoms with Crippen molar-refractivity contribution in [3.8, 4) is 11.8 Å². The number of benzene rings is 2. The van der Waals surface area contributed by atoms with Crippen LogP contribution in [0, 0.1) is 32.1 Å². The maximum absolute atomic E-state index is 12.6. The van der Waals surface area contributed by atoms with Crippen LogP contribution in [0.4, 0.5) is 0 Å². The van der Waals surface area contributed by atoms with E-state index in [0.717, 1.165) is 21.0 Å². The number of esters is 1. The Kier molecular flexibility index (Phi) is 5.80. The van der Waals surface area contributed by atoms with Crippen LogP contribution < -0.4 is 4.74 Å². The van der Waals surface area contributed by atoms with Gasteiger partial charge in [-0.25, -0.2) is 8.42 Å². The van der Waals surface area contributed by atoms with E-state index in [0.29, 0.717) is 5.75 Å². The summed E-state index contributed by atoms with van der Waals surface area (Å²) in [5, 5.41) is 9.10. The molecule has 2 aromatic carbocycles. The SMILES string of the molecule is Cc1cc(C)c(OC(=O)CN(C)S(=O)(=O)c2ccccc2C#N)c(C)c1. The van der Waals surface area contributed by atoms with Gasteiger partial charge in [0.25, 0.3) is 0 Å². The van der Waals surface area contributed by atoms with Crippen molar-refractivity contribution in [3.63, 3.8) is 0 Å². The molecule has 26 heavy (non-hydrogen) atoms. The Bertz CT molecular complexity index is 968. The van der Waals surface area contributed by atoms with Crippen LogP contribution in [0.25, 0.3) is 0 Å². The number of hydrogen-bond donors (Lipinski definition) is 0. The van der Waals surface area contributed by atoms with Gasteiger partial charge in [0.1, 0.15) is 18.4 Å². The fraction of sp³-hybridized carbons (Fsp3) is 0.263. The predicted octanol–water partition coefficient (Wildman–Crippen LogP) is 2.71. The molecule has 0 bridgehead atoms. The van der Waals surface area contributed by atoms with Crippen molar-refractivity contribution < 1.29 is 17.9 Å². The summed E-state index contributed by atoms with van der Waals surface area (Å²) in [6.45, 7) is 5.13. The van der Waals surface area contributed by atoms with Crippen molar-refractivity contribution in [1.29, 1.82) is 5.26 Å². The second kappa shape index (κ2) is 7.68. The third-order valence-corrected chi connectivity index (χ3v) is 5.73. The summed E-state index contributed by atoms with van der Waals surface area (Å²) >= 11 is 0. The highest BCUT2D eigenvalue weighted by Crippen LogP contribution is 2.25. The Morgan fingerprint density at radius 1 is 1.15 bits per heavy atom. The Balaban J connectivity index is 2.21. The summed E-state index contributed by atoms with van der Waals surface area (Å²) in [6, 6.07) is 11.5. The topological polar surface area (TPSA) is 87.5 Å². The number of ether oxygens (including phenoxy) is 1. The molecule has 6 nitrogen and oxygen atoms in total. The lowest BCUT2D eigenvalue weighted by Crippen LogP contribution is -2.34. The molecule has 0 heterocycles. The van der Waals surface area contributed by atoms with E-state index in [1.54, 1.807) is 6.07 Å². The van der Waals surface area contributed by atoms with Gasteiger partial charge in [0.15, 0.2) is 0 Å². The second-order valence-corrected chi connectivity index (χ2v) is 8.08. The summed E-state index contributed by atoms with van der Waals surface area (Å²) in [7, 11) is -2.71. The first-order chi connectivity index (χ1) is 12.2. The minimum atomic E-state index is -3.99. The highest BCUT2D eigenvalue weighted by atomic mass is 32.2. The number of rotatable bonds is 5. The van der Waals surface area contributed by atoms with E-state index in [1.165, 1.54) is 25.2 Å². The first-order valence-electron chi connectivity index (χ1n) is 7.91. The van der Waals surface area contributed by atoms with Gasteiger partial charge in [-0.2, -0.15) is 9.57 Å². The van der Waals surface area contributed by atoms with Crippen LogP contribution in [0.15, 0.2) is 41.3 Å². The summed E-state index contributed by atoms with van der Waals surface area (Å²) in [6.07, 6.45) is 0. The van der Waals surface area contributed by atoms with E-state index in [2.05, 4.69) is 0 Å². The highest BCUT2D eigenvalue weighted by Gasteiger charge is 2.26. The number of carbonyl (C=O) groups excluding carboxylic acids is 1. The molecule has 0 fully saturated rings. The van der Waals surface area contributed by atoms with Gasteiger partial charge < -0.3 is 4.74 Å². The van der Waals surface area contributed by atoms with E-state index in [1.807, 2.05) is 39.0 Å². The molecule has 0 saturated carbocycles. The van der Waals surface area contributed by atoms with E-state index >= 15 is 0 Å². The average Bonchev–Trinajstić information content (AvgIpc) is 2.57. The van der Waals surface area contributed by atoms with Crippen molar-refractivity contribution in [1.82, 2.24) is 4.31 Å². The Labute approximate surface area is 153 Å². The quantitative estimate of drug-likeness (QED) is 0.595. The van der Waals surface area contributed by atoms with Crippen LogP contribution >= 0.6 is 0 Å². The van der Waals surface area contributed by atoms with Gasteiger partial charge >= 0.3 is 5.97 Å². The molecule has 0 aromatic heterocycles. The van der Waals surface area contributed by atoms with Gasteiger partial charge in [0, 0.05) is 7.05 Å². The van der Waals surface area contributed by atoms with Gasteiger partial charge in [-0.05, 0) is 44.0 Å². The first kappa shape index (κ1) is 19.6. The predicted molar refractivity (Wildman–Crippen MR) is 97.3 cm³/mol. The van der Waals surface area contributed by atoms with Crippen LogP contribution in [0.3, 0.4) is 0 Å². The number of nitrogens with zero attached hydrogens (tertiary/aromatic N) is 2. The lowest BCUT2D eigenvalue weighted by Gasteiger charge is -2.18. The number of likely N-dealkylation sites (N-methyl/N-ethyl adjacent to an activating group) is 1. The molecule has 0 aliphatic rings. The normalized spacial score (nSPS) is 11.2. The molecule has 0 radical (unpaired) electrons. The standard InChI is InChI=1S/C19H20N2O4S/c1-13-9-14(2)19(15(3)10-13)25-18(22)12-21(4)26(23,24)17-8-6-5-7-16(17)11-20/h5-10H,12H2,1-4H3. The molecular formula is C19H20N2O4S. The minimum Gasteiger partial charge on any atom is -0.425 e. The van der Waals surface area contributed by atoms with Crippen LogP contribution in [-0.4, -0.2) is 32.3 Å². The number of hydrogen-bond acceptors (Lipinski definition) is 5. The Morgan fingerprint density at radius 3 is 2.31 bits per heavy atom. The molecule has 2 aromatic rings. The number of aryl methyl sites for hydroxylation is 3. The van der Waals surface area contributed by atoms with Crippen LogP contribution in [-0.2, 0) is 14.8 Å². The molecule has 2 rings (SSSR count). The van der Waals surface area contributed by atoms with E-state index in [4.69, 9.17) is 10.00 Å². The molecule has 0 atom stereocenters. The zero-order valence-corrected chi connectivity index (χ0v) is 15.9. The first-order valence-corrected chi connectivity index (χ1v) is 9.35. The zero-order chi connectivity index (χ0) is 19.5. The van der Waals surface area contributed by atoms with Gasteiger partial charge in [-0.3, -0.25) is 4.79 Å². The molecule has 7 heteroatoms. The highest BCUT2D eigenvalue weighted by molar-refractivity contribution is 7.89. The van der Waals surface area contributed by atoms with Gasteiger partial charge in [0.05, 0.1) is 10.5 Å². The maximum atomic E-state index is 12.6. The summed E-state index contributed by atoms with van der Waals surface area (Å²) in [5.41, 5.74) is 2.68. The van der Waals surface area contributed by atoms with E-state index < -0.39 is 22.5 Å². The van der Waals surface area contributed by atoms with Gasteiger partial charge in [-0.1, -0.05) is 29.8 Å². The second-order valence-electron chi connectivity index (χ2n) is 6.07. The van der Waals surface area contributed by atoms with Crippen molar-refractivity contribution in [2.75, 3.05) is 13.6 Å². The molecule has 0 amide bonds. The maximum Gasteiger partial charge on any atom is 0.326 e. The Hall–Kier alpha value is -2.69. The number of sulfonamides is 1. The monoisotopic (exact) mass is 372 g/mol. The molecule has 0 aliphatic carbocycles. The number of nitriles is 1. The lowest BCUT2D eigenvalue weighted by molar-refractivity contribution is -0.134. The fourth-order valence-electron chi connectivity index (χ4n) is 2.69. The van der Waals surface area contributed by atoms with Crippen molar-refractivity contribution in [2.24, 2.45) is 0 Å². The largest absolute Gasteiger partial charge is 0.425 e. The lowest BCUT2D eigenvalue weighted by atomic mass is 10.1. The molecule has 0 spiro atoms. The Morgan fingerprint density at radius 2 is 1.73 bits per heavy atom. The zero-order valence-electron chi connectivity index (χ0n) is 15.1. The van der Waals surface area contributed by atoms with Crippen molar-refractivity contribution in [2.45, 2.75) is 25.7 Å². The van der Waals surface area contributed by atoms with Crippen LogP contribution in [0.1, 0.15) is 22.3 Å². The summed E-state index contributed by atoms with van der Waals surface area (Å²) < 4.78 is 31.5. The van der Waals surface area contributed by atoms with E-state index in [9.17, 15) is 13.2 Å². The van der Waals surface area contributed by atoms with Crippen LogP contribution in [0.5, 0.6) is 5.75 Å². The smallest absolute Gasteiger partial charge is 0.326 e. The van der Waals surface area contributed by atoms with Crippen LogP contribution in [0.2, 0.25) is 0 Å². The third kappa shape index (κ3) is 4.10. The summed E-state index contributed by atoms with van der Waals surface area (Å²) in [4.78, 5) is 12.1. The molecule has 0 saturated heterocycles. The van der Waals surface area contributed by atoms with Crippen molar-refractivity contribution >= 4 is 16.0 Å². The van der Waals surface area contributed by atoms with Gasteiger partial charge in [0.2, 0.25) is 10.0 Å². The molecule has 0 aliphatic heterocycles. The average molecular weight is 372 g/mol. The fourth-order valence-corrected chi connectivity index (χ4v) is 3.95. The number of carbonyl (C=O) groups is 1. The molecule has 0 unspecified atom stereocenters. The van der Waals surface area contributed by atoms with Gasteiger partial charge in [-0.15, -0.1) is 0 Å². The third-order valence-electron chi connectivity index (χ3n) is 3.87. The molecular weight excluding hydrogens is 352 g/mol. The molecule has 0 N–H and O–H groups in total. The minimum absolute atomic E-state index is 0.0259. The molecule has 136 valence electrons. The van der Waals surface area contributed by atoms with E-state index in [-0.39, 0.29) is 10.5 Å². The van der Waals surface area contributed by atoms with Crippen molar-refractivity contribution in [3.05, 3.63) is 58.7 Å².